The minimum atomic E-state index is -3.32. The Hall–Kier alpha value is -1.96. The molecule has 2 aromatic rings. The van der Waals surface area contributed by atoms with Crippen molar-refractivity contribution >= 4 is 27.5 Å². The normalized spacial score (nSPS) is 11.3. The SMILES string of the molecule is CNS(=O)(=O)Cc1cccc(CNC(=O)Cc2ccc(Cl)nc2C)c1. The van der Waals surface area contributed by atoms with Gasteiger partial charge in [0.05, 0.1) is 12.2 Å². The molecule has 134 valence electrons. The van der Waals surface area contributed by atoms with Gasteiger partial charge < -0.3 is 5.32 Å². The molecule has 2 N–H and O–H groups in total. The number of carbonyl (C=O) groups is 1. The van der Waals surface area contributed by atoms with Crippen LogP contribution in [0.4, 0.5) is 0 Å². The Kier molecular flexibility index (Phi) is 6.52. The van der Waals surface area contributed by atoms with Gasteiger partial charge in [0.2, 0.25) is 15.9 Å². The van der Waals surface area contributed by atoms with Gasteiger partial charge >= 0.3 is 0 Å². The van der Waals surface area contributed by atoms with Crippen molar-refractivity contribution in [2.24, 2.45) is 0 Å². The molecule has 1 amide bonds. The van der Waals surface area contributed by atoms with Gasteiger partial charge in [-0.15, -0.1) is 0 Å². The van der Waals surface area contributed by atoms with Gasteiger partial charge in [-0.25, -0.2) is 18.1 Å². The molecule has 1 aromatic carbocycles. The Morgan fingerprint density at radius 1 is 1.20 bits per heavy atom. The highest BCUT2D eigenvalue weighted by molar-refractivity contribution is 7.88. The fraction of sp³-hybridized carbons (Fsp3) is 0.294. The van der Waals surface area contributed by atoms with Crippen molar-refractivity contribution in [1.82, 2.24) is 15.0 Å². The van der Waals surface area contributed by atoms with Crippen molar-refractivity contribution in [2.45, 2.75) is 25.6 Å². The van der Waals surface area contributed by atoms with Crippen LogP contribution in [0.2, 0.25) is 5.15 Å². The summed E-state index contributed by atoms with van der Waals surface area (Å²) in [6, 6.07) is 10.6. The lowest BCUT2D eigenvalue weighted by atomic mass is 10.1. The number of hydrogen-bond acceptors (Lipinski definition) is 4. The van der Waals surface area contributed by atoms with Crippen LogP contribution in [-0.4, -0.2) is 26.4 Å². The molecule has 6 nitrogen and oxygen atoms in total. The van der Waals surface area contributed by atoms with Crippen LogP contribution in [0.1, 0.15) is 22.4 Å². The fourth-order valence-corrected chi connectivity index (χ4v) is 3.26. The number of nitrogens with zero attached hydrogens (tertiary/aromatic N) is 1. The lowest BCUT2D eigenvalue weighted by molar-refractivity contribution is -0.120. The Balaban J connectivity index is 1.95. The number of aryl methyl sites for hydroxylation is 1. The van der Waals surface area contributed by atoms with Gasteiger partial charge in [0.25, 0.3) is 0 Å². The van der Waals surface area contributed by atoms with E-state index in [1.807, 2.05) is 6.07 Å². The Bertz CT molecular complexity index is 869. The molecule has 0 saturated heterocycles. The Morgan fingerprint density at radius 3 is 2.60 bits per heavy atom. The maximum atomic E-state index is 12.1. The van der Waals surface area contributed by atoms with Gasteiger partial charge in [-0.05, 0) is 36.7 Å². The molecular formula is C17H20ClN3O3S. The third-order valence-corrected chi connectivity index (χ3v) is 5.21. The second-order valence-corrected chi connectivity index (χ2v) is 7.93. The maximum absolute atomic E-state index is 12.1. The van der Waals surface area contributed by atoms with Crippen LogP contribution in [0.15, 0.2) is 36.4 Å². The summed E-state index contributed by atoms with van der Waals surface area (Å²) in [4.78, 5) is 16.2. The summed E-state index contributed by atoms with van der Waals surface area (Å²) >= 11 is 5.81. The quantitative estimate of drug-likeness (QED) is 0.717. The highest BCUT2D eigenvalue weighted by atomic mass is 35.5. The van der Waals surface area contributed by atoms with Crippen LogP contribution >= 0.6 is 11.6 Å². The summed E-state index contributed by atoms with van der Waals surface area (Å²) < 4.78 is 25.5. The molecule has 0 spiro atoms. The topological polar surface area (TPSA) is 88.2 Å². The molecule has 0 aliphatic rings. The van der Waals surface area contributed by atoms with E-state index in [0.29, 0.717) is 17.3 Å². The Morgan fingerprint density at radius 2 is 1.92 bits per heavy atom. The van der Waals surface area contributed by atoms with Gasteiger partial charge in [0.1, 0.15) is 5.15 Å². The highest BCUT2D eigenvalue weighted by Crippen LogP contribution is 2.12. The molecule has 0 aliphatic heterocycles. The van der Waals surface area contributed by atoms with Gasteiger partial charge in [-0.2, -0.15) is 0 Å². The van der Waals surface area contributed by atoms with Crippen molar-refractivity contribution in [3.63, 3.8) is 0 Å². The van der Waals surface area contributed by atoms with Gasteiger partial charge in [-0.1, -0.05) is 41.9 Å². The zero-order chi connectivity index (χ0) is 18.4. The smallest absolute Gasteiger partial charge is 0.224 e. The molecule has 0 radical (unpaired) electrons. The molecule has 0 saturated carbocycles. The average Bonchev–Trinajstić information content (AvgIpc) is 2.55. The number of nitrogens with one attached hydrogen (secondary N) is 2. The number of sulfonamides is 1. The van der Waals surface area contributed by atoms with Crippen molar-refractivity contribution in [3.05, 3.63) is 63.9 Å². The zero-order valence-electron chi connectivity index (χ0n) is 14.0. The van der Waals surface area contributed by atoms with Crippen LogP contribution in [0.5, 0.6) is 0 Å². The minimum absolute atomic E-state index is 0.0963. The van der Waals surface area contributed by atoms with E-state index in [9.17, 15) is 13.2 Å². The Labute approximate surface area is 152 Å². The van der Waals surface area contributed by atoms with Crippen molar-refractivity contribution in [1.29, 1.82) is 0 Å². The zero-order valence-corrected chi connectivity index (χ0v) is 15.6. The number of carbonyl (C=O) groups excluding carboxylic acids is 1. The fourth-order valence-electron chi connectivity index (χ4n) is 2.30. The first-order valence-electron chi connectivity index (χ1n) is 7.67. The third-order valence-electron chi connectivity index (χ3n) is 3.66. The second kappa shape index (κ2) is 8.42. The largest absolute Gasteiger partial charge is 0.352 e. The van der Waals surface area contributed by atoms with Crippen molar-refractivity contribution in [3.8, 4) is 0 Å². The predicted octanol–water partition coefficient (Wildman–Crippen LogP) is 1.95. The number of amides is 1. The molecular weight excluding hydrogens is 362 g/mol. The first-order valence-corrected chi connectivity index (χ1v) is 9.70. The lowest BCUT2D eigenvalue weighted by Crippen LogP contribution is -2.25. The van der Waals surface area contributed by atoms with Crippen LogP contribution in [0, 0.1) is 6.92 Å². The predicted molar refractivity (Wildman–Crippen MR) is 97.7 cm³/mol. The summed E-state index contributed by atoms with van der Waals surface area (Å²) in [7, 11) is -1.94. The van der Waals surface area contributed by atoms with Crippen molar-refractivity contribution in [2.75, 3.05) is 7.05 Å². The number of rotatable bonds is 7. The molecule has 0 unspecified atom stereocenters. The molecule has 1 heterocycles. The summed E-state index contributed by atoms with van der Waals surface area (Å²) in [6.45, 7) is 2.13. The van der Waals surface area contributed by atoms with Gasteiger partial charge in [-0.3, -0.25) is 4.79 Å². The molecule has 0 fully saturated rings. The average molecular weight is 382 g/mol. The molecule has 0 bridgehead atoms. The first kappa shape index (κ1) is 19.4. The van der Waals surface area contributed by atoms with E-state index in [-0.39, 0.29) is 18.1 Å². The molecule has 1 aromatic heterocycles. The first-order chi connectivity index (χ1) is 11.8. The third kappa shape index (κ3) is 6.12. The van der Waals surface area contributed by atoms with E-state index in [2.05, 4.69) is 15.0 Å². The highest BCUT2D eigenvalue weighted by Gasteiger charge is 2.10. The van der Waals surface area contributed by atoms with Crippen LogP contribution in [0.25, 0.3) is 0 Å². The molecule has 8 heteroatoms. The monoisotopic (exact) mass is 381 g/mol. The molecule has 0 atom stereocenters. The number of pyridine rings is 1. The number of halogens is 1. The molecule has 0 aliphatic carbocycles. The van der Waals surface area contributed by atoms with E-state index in [1.165, 1.54) is 7.05 Å². The van der Waals surface area contributed by atoms with E-state index >= 15 is 0 Å². The number of benzene rings is 1. The number of aromatic nitrogens is 1. The summed E-state index contributed by atoms with van der Waals surface area (Å²) in [5.41, 5.74) is 3.04. The van der Waals surface area contributed by atoms with Crippen LogP contribution in [-0.2, 0) is 33.5 Å². The summed E-state index contributed by atoms with van der Waals surface area (Å²) in [5, 5.41) is 3.23. The summed E-state index contributed by atoms with van der Waals surface area (Å²) in [6.07, 6.45) is 0.212. The molecule has 2 rings (SSSR count). The van der Waals surface area contributed by atoms with Crippen LogP contribution in [0.3, 0.4) is 0 Å². The number of hydrogen-bond donors (Lipinski definition) is 2. The molecule has 25 heavy (non-hydrogen) atoms. The standard InChI is InChI=1S/C17H20ClN3O3S/c1-12-15(6-7-16(18)21-12)9-17(22)20-10-13-4-3-5-14(8-13)11-25(23,24)19-2/h3-8,19H,9-11H2,1-2H3,(H,20,22). The minimum Gasteiger partial charge on any atom is -0.352 e. The van der Waals surface area contributed by atoms with Gasteiger partial charge in [0, 0.05) is 12.2 Å². The maximum Gasteiger partial charge on any atom is 0.224 e. The van der Waals surface area contributed by atoms with Gasteiger partial charge in [0.15, 0.2) is 0 Å². The summed E-state index contributed by atoms with van der Waals surface area (Å²) in [5.74, 6) is -0.235. The van der Waals surface area contributed by atoms with E-state index in [4.69, 9.17) is 11.6 Å². The van der Waals surface area contributed by atoms with Crippen LogP contribution < -0.4 is 10.0 Å². The van der Waals surface area contributed by atoms with E-state index < -0.39 is 10.0 Å². The second-order valence-electron chi connectivity index (χ2n) is 5.62. The lowest BCUT2D eigenvalue weighted by Gasteiger charge is -2.09. The van der Waals surface area contributed by atoms with Crippen molar-refractivity contribution < 1.29 is 13.2 Å². The van der Waals surface area contributed by atoms with E-state index in [1.54, 1.807) is 37.3 Å². The van der Waals surface area contributed by atoms with E-state index in [0.717, 1.165) is 16.8 Å².